The predicted molar refractivity (Wildman–Crippen MR) is 135 cm³/mol. The molecule has 10 heteroatoms. The highest BCUT2D eigenvalue weighted by Gasteiger charge is 2.26. The summed E-state index contributed by atoms with van der Waals surface area (Å²) in [6, 6.07) is 15.5. The minimum atomic E-state index is -1.15. The number of aromatic carboxylic acids is 1. The van der Waals surface area contributed by atoms with E-state index in [2.05, 4.69) is 16.4 Å². The fourth-order valence-electron chi connectivity index (χ4n) is 3.32. The maximum absolute atomic E-state index is 13.0. The molecule has 0 fully saturated rings. The molecule has 3 aromatic rings. The average Bonchev–Trinajstić information content (AvgIpc) is 2.83. The van der Waals surface area contributed by atoms with Gasteiger partial charge in [-0.3, -0.25) is 4.79 Å². The molecule has 0 aliphatic heterocycles. The molecule has 4 N–H and O–H groups in total. The number of nitrogens with two attached hydrogens (primary N) is 1. The first kappa shape index (κ1) is 25.6. The molecule has 1 amide bonds. The van der Waals surface area contributed by atoms with Crippen molar-refractivity contribution < 1.29 is 14.7 Å². The van der Waals surface area contributed by atoms with Crippen LogP contribution in [0.1, 0.15) is 40.4 Å². The van der Waals surface area contributed by atoms with Gasteiger partial charge >= 0.3 is 5.97 Å². The van der Waals surface area contributed by atoms with Crippen molar-refractivity contribution in [2.24, 2.45) is 0 Å². The molecule has 35 heavy (non-hydrogen) atoms. The zero-order valence-corrected chi connectivity index (χ0v) is 20.4. The molecular weight excluding hydrogens is 486 g/mol. The van der Waals surface area contributed by atoms with Crippen molar-refractivity contribution in [3.8, 4) is 23.3 Å². The normalized spacial score (nSPS) is 11.2. The number of aryl methyl sites for hydroxylation is 1. The second-order valence-corrected chi connectivity index (χ2v) is 9.12. The Hall–Kier alpha value is -4.05. The van der Waals surface area contributed by atoms with Crippen LogP contribution in [0.5, 0.6) is 0 Å². The van der Waals surface area contributed by atoms with Crippen LogP contribution in [-0.4, -0.2) is 27.2 Å². The van der Waals surface area contributed by atoms with E-state index >= 15 is 0 Å². The summed E-state index contributed by atoms with van der Waals surface area (Å²) in [6.45, 7) is 3.71. The standard InChI is InChI=1S/C25H20ClN5O3S/c1-3-20(23(32)30-19-10-15(25(33)34)8-9-18(19)26)35-24-17(12-28)21(16(11-27)22(29)31-24)14-6-4-13(2)5-7-14/h4-10,20H,3H2,1-2H3,(H2,29,31)(H,30,32)(H,33,34). The summed E-state index contributed by atoms with van der Waals surface area (Å²) in [5.41, 5.74) is 8.44. The quantitative estimate of drug-likeness (QED) is 0.368. The molecule has 1 unspecified atom stereocenters. The smallest absolute Gasteiger partial charge is 0.335 e. The second kappa shape index (κ2) is 10.9. The minimum absolute atomic E-state index is 0.0264. The topological polar surface area (TPSA) is 153 Å². The molecule has 0 radical (unpaired) electrons. The molecule has 8 nitrogen and oxygen atoms in total. The Balaban J connectivity index is 2.01. The van der Waals surface area contributed by atoms with Crippen LogP contribution in [-0.2, 0) is 4.79 Å². The van der Waals surface area contributed by atoms with Crippen LogP contribution >= 0.6 is 23.4 Å². The number of halogens is 1. The van der Waals surface area contributed by atoms with Crippen LogP contribution in [0.3, 0.4) is 0 Å². The summed E-state index contributed by atoms with van der Waals surface area (Å²) in [4.78, 5) is 28.6. The molecule has 1 aromatic heterocycles. The van der Waals surface area contributed by atoms with Crippen molar-refractivity contribution >= 4 is 46.7 Å². The third-order valence-corrected chi connectivity index (χ3v) is 6.82. The number of thioether (sulfide) groups is 1. The number of carbonyl (C=O) groups excluding carboxylic acids is 1. The number of carboxylic acid groups (broad SMARTS) is 1. The van der Waals surface area contributed by atoms with Crippen molar-refractivity contribution in [3.63, 3.8) is 0 Å². The van der Waals surface area contributed by atoms with Gasteiger partial charge in [-0.05, 0) is 37.1 Å². The Labute approximate surface area is 211 Å². The number of nitrogens with one attached hydrogen (secondary N) is 1. The highest BCUT2D eigenvalue weighted by molar-refractivity contribution is 8.00. The predicted octanol–water partition coefficient (Wildman–Crippen LogP) is 5.24. The molecule has 176 valence electrons. The zero-order valence-electron chi connectivity index (χ0n) is 18.8. The molecule has 0 aliphatic carbocycles. The molecule has 0 aliphatic rings. The summed E-state index contributed by atoms with van der Waals surface area (Å²) < 4.78 is 0. The molecule has 1 heterocycles. The SMILES string of the molecule is CCC(Sc1nc(N)c(C#N)c(-c2ccc(C)cc2)c1C#N)C(=O)Nc1cc(C(=O)O)ccc1Cl. The van der Waals surface area contributed by atoms with Crippen LogP contribution < -0.4 is 11.1 Å². The van der Waals surface area contributed by atoms with Crippen LogP contribution in [0.15, 0.2) is 47.5 Å². The van der Waals surface area contributed by atoms with Gasteiger partial charge in [-0.1, -0.05) is 60.1 Å². The number of pyridine rings is 1. The van der Waals surface area contributed by atoms with Gasteiger partial charge in [0.2, 0.25) is 5.91 Å². The Morgan fingerprint density at radius 1 is 1.17 bits per heavy atom. The van der Waals surface area contributed by atoms with Gasteiger partial charge in [0.1, 0.15) is 28.5 Å². The highest BCUT2D eigenvalue weighted by atomic mass is 35.5. The minimum Gasteiger partial charge on any atom is -0.478 e. The number of carboxylic acids is 1. The fourth-order valence-corrected chi connectivity index (χ4v) is 4.50. The van der Waals surface area contributed by atoms with Gasteiger partial charge in [-0.15, -0.1) is 0 Å². The molecular formula is C25H20ClN5O3S. The van der Waals surface area contributed by atoms with E-state index in [1.165, 1.54) is 18.2 Å². The van der Waals surface area contributed by atoms with Gasteiger partial charge in [0.15, 0.2) is 0 Å². The van der Waals surface area contributed by atoms with E-state index in [9.17, 15) is 25.2 Å². The number of nitrogen functional groups attached to an aromatic ring is 1. The molecule has 2 aromatic carbocycles. The third-order valence-electron chi connectivity index (χ3n) is 5.14. The molecule has 0 saturated heterocycles. The number of hydrogen-bond donors (Lipinski definition) is 3. The van der Waals surface area contributed by atoms with Crippen LogP contribution in [0.2, 0.25) is 5.02 Å². The Morgan fingerprint density at radius 3 is 2.40 bits per heavy atom. The van der Waals surface area contributed by atoms with Gasteiger partial charge in [0, 0.05) is 5.56 Å². The van der Waals surface area contributed by atoms with Gasteiger partial charge in [-0.2, -0.15) is 10.5 Å². The van der Waals surface area contributed by atoms with Gasteiger partial charge in [0.05, 0.1) is 27.1 Å². The Morgan fingerprint density at radius 2 is 1.83 bits per heavy atom. The van der Waals surface area contributed by atoms with E-state index in [0.29, 0.717) is 17.5 Å². The fraction of sp³-hybridized carbons (Fsp3) is 0.160. The van der Waals surface area contributed by atoms with Crippen LogP contribution in [0.25, 0.3) is 11.1 Å². The third kappa shape index (κ3) is 5.55. The Bertz CT molecular complexity index is 1390. The first-order valence-electron chi connectivity index (χ1n) is 10.4. The number of amides is 1. The van der Waals surface area contributed by atoms with Gasteiger partial charge in [0.25, 0.3) is 0 Å². The average molecular weight is 506 g/mol. The maximum atomic E-state index is 13.0. The number of carbonyl (C=O) groups is 2. The zero-order chi connectivity index (χ0) is 25.7. The highest BCUT2D eigenvalue weighted by Crippen LogP contribution is 2.38. The van der Waals surface area contributed by atoms with Crippen molar-refractivity contribution in [2.45, 2.75) is 30.5 Å². The Kier molecular flexibility index (Phi) is 7.98. The van der Waals surface area contributed by atoms with Gasteiger partial charge < -0.3 is 16.2 Å². The first-order valence-corrected chi connectivity index (χ1v) is 11.7. The number of hydrogen-bond acceptors (Lipinski definition) is 7. The van der Waals surface area contributed by atoms with Crippen molar-refractivity contribution in [2.75, 3.05) is 11.1 Å². The maximum Gasteiger partial charge on any atom is 0.335 e. The van der Waals surface area contributed by atoms with E-state index in [0.717, 1.165) is 17.3 Å². The lowest BCUT2D eigenvalue weighted by Crippen LogP contribution is -2.25. The number of anilines is 2. The second-order valence-electron chi connectivity index (χ2n) is 7.52. The van der Waals surface area contributed by atoms with Crippen molar-refractivity contribution in [3.05, 3.63) is 69.7 Å². The lowest BCUT2D eigenvalue weighted by atomic mass is 9.96. The summed E-state index contributed by atoms with van der Waals surface area (Å²) in [6.07, 6.45) is 0.360. The number of rotatable bonds is 7. The summed E-state index contributed by atoms with van der Waals surface area (Å²) in [5, 5.41) is 31.2. The molecule has 0 saturated carbocycles. The number of nitriles is 2. The lowest BCUT2D eigenvalue weighted by Gasteiger charge is -2.18. The number of aromatic nitrogens is 1. The largest absolute Gasteiger partial charge is 0.478 e. The van der Waals surface area contributed by atoms with E-state index in [-0.39, 0.29) is 38.2 Å². The number of benzene rings is 2. The van der Waals surface area contributed by atoms with Gasteiger partial charge in [-0.25, -0.2) is 9.78 Å². The van der Waals surface area contributed by atoms with Crippen LogP contribution in [0, 0.1) is 29.6 Å². The van der Waals surface area contributed by atoms with E-state index in [1.54, 1.807) is 19.1 Å². The van der Waals surface area contributed by atoms with Crippen molar-refractivity contribution in [1.29, 1.82) is 10.5 Å². The summed E-state index contributed by atoms with van der Waals surface area (Å²) >= 11 is 7.17. The summed E-state index contributed by atoms with van der Waals surface area (Å²) in [7, 11) is 0. The molecule has 1 atom stereocenters. The molecule has 0 spiro atoms. The van der Waals surface area contributed by atoms with Crippen LogP contribution in [0.4, 0.5) is 11.5 Å². The van der Waals surface area contributed by atoms with E-state index in [1.807, 2.05) is 25.1 Å². The first-order chi connectivity index (χ1) is 16.7. The summed E-state index contributed by atoms with van der Waals surface area (Å²) in [5.74, 6) is -1.65. The lowest BCUT2D eigenvalue weighted by molar-refractivity contribution is -0.115. The van der Waals surface area contributed by atoms with Crippen molar-refractivity contribution in [1.82, 2.24) is 4.98 Å². The molecule has 3 rings (SSSR count). The van der Waals surface area contributed by atoms with E-state index in [4.69, 9.17) is 17.3 Å². The monoisotopic (exact) mass is 505 g/mol. The number of nitrogens with zero attached hydrogens (tertiary/aromatic N) is 3. The molecule has 0 bridgehead atoms. The van der Waals surface area contributed by atoms with E-state index < -0.39 is 17.1 Å².